The molecule has 9 nitrogen and oxygen atoms in total. The Morgan fingerprint density at radius 3 is 2.35 bits per heavy atom. The van der Waals surface area contributed by atoms with Crippen LogP contribution in [0.15, 0.2) is 54.7 Å². The highest BCUT2D eigenvalue weighted by Crippen LogP contribution is 2.39. The number of Topliss-reactive ketones (excluding diaryl/α,β-unsaturated/α-hetero) is 1. The van der Waals surface area contributed by atoms with E-state index in [4.69, 9.17) is 10.5 Å². The average molecular weight is 588 g/mol. The fourth-order valence-electron chi connectivity index (χ4n) is 7.13. The van der Waals surface area contributed by atoms with Crippen molar-refractivity contribution in [3.63, 3.8) is 0 Å². The quantitative estimate of drug-likeness (QED) is 0.338. The molecule has 0 radical (unpaired) electrons. The average Bonchev–Trinajstić information content (AvgIpc) is 3.45. The number of carbonyl (C=O) groups is 3. The van der Waals surface area contributed by atoms with Crippen molar-refractivity contribution in [3.8, 4) is 5.75 Å². The molecule has 2 fully saturated rings. The number of hydrogen-bond donors (Lipinski definition) is 2. The van der Waals surface area contributed by atoms with Gasteiger partial charge in [0.05, 0.1) is 19.2 Å². The SMILES string of the molecule is CCOc1ccccc1CN(C(C)=O)C(=O)C(C(C)=O)(C(N)c1c[nH]c2ccccc12)N1CCC(N2CCCCC2)CC1. The van der Waals surface area contributed by atoms with E-state index in [9.17, 15) is 14.4 Å². The topological polar surface area (TPSA) is 112 Å². The van der Waals surface area contributed by atoms with Crippen LogP contribution in [0.4, 0.5) is 0 Å². The number of H-pyrrole nitrogens is 1. The number of piperidine rings is 2. The molecule has 0 saturated carbocycles. The summed E-state index contributed by atoms with van der Waals surface area (Å²) < 4.78 is 5.81. The number of nitrogens with zero attached hydrogens (tertiary/aromatic N) is 3. The normalized spacial score (nSPS) is 19.1. The third kappa shape index (κ3) is 5.98. The second-order valence-corrected chi connectivity index (χ2v) is 11.9. The van der Waals surface area contributed by atoms with Crippen LogP contribution in [0.3, 0.4) is 0 Å². The molecular formula is C34H45N5O4. The maximum atomic E-state index is 15.0. The number of imide groups is 1. The van der Waals surface area contributed by atoms with Crippen LogP contribution in [0.1, 0.15) is 70.0 Å². The summed E-state index contributed by atoms with van der Waals surface area (Å²) in [5.41, 5.74) is 7.59. The fourth-order valence-corrected chi connectivity index (χ4v) is 7.13. The number of likely N-dealkylation sites (tertiary alicyclic amines) is 2. The van der Waals surface area contributed by atoms with Gasteiger partial charge in [0.2, 0.25) is 5.91 Å². The molecule has 5 rings (SSSR count). The standard InChI is InChI=1S/C34H45N5O4/c1-4-43-31-15-9-6-12-26(31)23-39(25(3)41)33(42)34(24(2)40,32(35)29-22-36-30-14-8-7-13-28(29)30)38-20-16-27(17-21-38)37-18-10-5-11-19-37/h6-9,12-15,22,27,32,36H,4-5,10-11,16-21,23,35H2,1-3H3. The molecule has 0 spiro atoms. The van der Waals surface area contributed by atoms with Crippen molar-refractivity contribution < 1.29 is 19.1 Å². The summed E-state index contributed by atoms with van der Waals surface area (Å²) in [7, 11) is 0. The van der Waals surface area contributed by atoms with Crippen molar-refractivity contribution in [2.75, 3.05) is 32.8 Å². The molecule has 2 unspecified atom stereocenters. The molecule has 2 aliphatic heterocycles. The second-order valence-electron chi connectivity index (χ2n) is 11.9. The monoisotopic (exact) mass is 587 g/mol. The van der Waals surface area contributed by atoms with E-state index in [2.05, 4.69) is 9.88 Å². The highest BCUT2D eigenvalue weighted by molar-refractivity contribution is 6.15. The Kier molecular flexibility index (Phi) is 9.64. The minimum atomic E-state index is -1.77. The lowest BCUT2D eigenvalue weighted by molar-refractivity contribution is -0.160. The van der Waals surface area contributed by atoms with Gasteiger partial charge in [0.15, 0.2) is 11.3 Å². The van der Waals surface area contributed by atoms with Gasteiger partial charge in [0.25, 0.3) is 5.91 Å². The second kappa shape index (κ2) is 13.4. The third-order valence-electron chi connectivity index (χ3n) is 9.37. The van der Waals surface area contributed by atoms with Crippen molar-refractivity contribution in [1.29, 1.82) is 0 Å². The molecule has 3 aromatic rings. The number of para-hydroxylation sites is 2. The lowest BCUT2D eigenvalue weighted by Crippen LogP contribution is -2.70. The largest absolute Gasteiger partial charge is 0.494 e. The number of hydrogen-bond acceptors (Lipinski definition) is 7. The summed E-state index contributed by atoms with van der Waals surface area (Å²) in [5, 5.41) is 0.854. The number of benzene rings is 2. The summed E-state index contributed by atoms with van der Waals surface area (Å²) in [6, 6.07) is 14.5. The number of aromatic amines is 1. The van der Waals surface area contributed by atoms with Crippen LogP contribution in [0, 0.1) is 0 Å². The lowest BCUT2D eigenvalue weighted by atomic mass is 9.77. The number of rotatable bonds is 10. The van der Waals surface area contributed by atoms with E-state index in [1.165, 1.54) is 38.0 Å². The van der Waals surface area contributed by atoms with Gasteiger partial charge in [-0.25, -0.2) is 0 Å². The highest BCUT2D eigenvalue weighted by atomic mass is 16.5. The van der Waals surface area contributed by atoms with Gasteiger partial charge in [-0.3, -0.25) is 24.2 Å². The number of fused-ring (bicyclic) bond motifs is 1. The Balaban J connectivity index is 1.56. The van der Waals surface area contributed by atoms with E-state index in [1.807, 2.05) is 60.4 Å². The molecule has 2 amide bonds. The van der Waals surface area contributed by atoms with Gasteiger partial charge >= 0.3 is 0 Å². The number of amides is 2. The Hall–Kier alpha value is -3.53. The maximum Gasteiger partial charge on any atom is 0.259 e. The van der Waals surface area contributed by atoms with Gasteiger partial charge in [-0.2, -0.15) is 0 Å². The Bertz CT molecular complexity index is 1440. The van der Waals surface area contributed by atoms with Crippen molar-refractivity contribution in [3.05, 3.63) is 65.9 Å². The highest BCUT2D eigenvalue weighted by Gasteiger charge is 2.57. The van der Waals surface area contributed by atoms with Gasteiger partial charge in [-0.15, -0.1) is 0 Å². The van der Waals surface area contributed by atoms with Crippen molar-refractivity contribution >= 4 is 28.5 Å². The van der Waals surface area contributed by atoms with Gasteiger partial charge < -0.3 is 20.4 Å². The summed E-state index contributed by atoms with van der Waals surface area (Å²) in [6.07, 6.45) is 7.14. The first-order valence-corrected chi connectivity index (χ1v) is 15.6. The van der Waals surface area contributed by atoms with Crippen LogP contribution in [0.5, 0.6) is 5.75 Å². The molecule has 43 heavy (non-hydrogen) atoms. The zero-order valence-electron chi connectivity index (χ0n) is 25.7. The van der Waals surface area contributed by atoms with E-state index in [0.29, 0.717) is 42.6 Å². The molecule has 3 heterocycles. The van der Waals surface area contributed by atoms with Crippen LogP contribution < -0.4 is 10.5 Å². The summed E-state index contributed by atoms with van der Waals surface area (Å²) in [4.78, 5) is 51.3. The van der Waals surface area contributed by atoms with Gasteiger partial charge in [0.1, 0.15) is 5.75 Å². The first-order valence-electron chi connectivity index (χ1n) is 15.6. The first kappa shape index (κ1) is 30.9. The lowest BCUT2D eigenvalue weighted by Gasteiger charge is -2.50. The first-order chi connectivity index (χ1) is 20.8. The van der Waals surface area contributed by atoms with Gasteiger partial charge in [-0.05, 0) is 70.3 Å². The zero-order valence-corrected chi connectivity index (χ0v) is 25.7. The van der Waals surface area contributed by atoms with E-state index in [1.54, 1.807) is 6.20 Å². The number of nitrogens with one attached hydrogen (secondary N) is 1. The summed E-state index contributed by atoms with van der Waals surface area (Å²) >= 11 is 0. The van der Waals surface area contributed by atoms with E-state index in [-0.39, 0.29) is 12.3 Å². The smallest absolute Gasteiger partial charge is 0.259 e. The van der Waals surface area contributed by atoms with Gasteiger partial charge in [0, 0.05) is 48.7 Å². The minimum Gasteiger partial charge on any atom is -0.494 e. The number of ketones is 1. The number of carbonyl (C=O) groups excluding carboxylic acids is 3. The summed E-state index contributed by atoms with van der Waals surface area (Å²) in [6.45, 7) is 8.36. The van der Waals surface area contributed by atoms with Crippen LogP contribution >= 0.6 is 0 Å². The molecule has 9 heteroatoms. The van der Waals surface area contributed by atoms with Crippen LogP contribution in [0.2, 0.25) is 0 Å². The molecule has 0 aliphatic carbocycles. The predicted molar refractivity (Wildman–Crippen MR) is 168 cm³/mol. The maximum absolute atomic E-state index is 15.0. The van der Waals surface area contributed by atoms with Crippen LogP contribution in [-0.4, -0.2) is 81.6 Å². The van der Waals surface area contributed by atoms with Gasteiger partial charge in [-0.1, -0.05) is 42.8 Å². The Morgan fingerprint density at radius 1 is 1.00 bits per heavy atom. The fraction of sp³-hybridized carbons (Fsp3) is 0.500. The van der Waals surface area contributed by atoms with E-state index < -0.39 is 23.4 Å². The van der Waals surface area contributed by atoms with E-state index >= 15 is 0 Å². The molecule has 3 N–H and O–H groups in total. The van der Waals surface area contributed by atoms with Crippen molar-refractivity contribution in [1.82, 2.24) is 19.7 Å². The third-order valence-corrected chi connectivity index (χ3v) is 9.37. The number of ether oxygens (including phenoxy) is 1. The van der Waals surface area contributed by atoms with Crippen molar-refractivity contribution in [2.45, 2.75) is 77.0 Å². The molecule has 2 aromatic carbocycles. The molecular weight excluding hydrogens is 542 g/mol. The zero-order chi connectivity index (χ0) is 30.6. The van der Waals surface area contributed by atoms with Crippen molar-refractivity contribution in [2.24, 2.45) is 5.73 Å². The number of aromatic nitrogens is 1. The Labute approximate surface area is 254 Å². The molecule has 0 bridgehead atoms. The van der Waals surface area contributed by atoms with E-state index in [0.717, 1.165) is 36.8 Å². The molecule has 1 aromatic heterocycles. The Morgan fingerprint density at radius 2 is 1.67 bits per heavy atom. The molecule has 230 valence electrons. The minimum absolute atomic E-state index is 0.0236. The predicted octanol–water partition coefficient (Wildman–Crippen LogP) is 4.42. The molecule has 2 aliphatic rings. The van der Waals surface area contributed by atoms with Crippen LogP contribution in [0.25, 0.3) is 10.9 Å². The summed E-state index contributed by atoms with van der Waals surface area (Å²) in [5.74, 6) is -0.805. The number of nitrogens with two attached hydrogens (primary N) is 1. The van der Waals surface area contributed by atoms with Crippen LogP contribution in [-0.2, 0) is 20.9 Å². The molecule has 2 saturated heterocycles. The molecule has 2 atom stereocenters.